The van der Waals surface area contributed by atoms with Gasteiger partial charge in [-0.05, 0) is 25.1 Å². The fourth-order valence-corrected chi connectivity index (χ4v) is 1.71. The molecule has 1 atom stereocenters. The first-order chi connectivity index (χ1) is 8.92. The van der Waals surface area contributed by atoms with Crippen LogP contribution < -0.4 is 5.32 Å². The number of H-pyrrole nitrogens is 1. The monoisotopic (exact) mass is 262 g/mol. The second-order valence-corrected chi connectivity index (χ2v) is 4.51. The lowest BCUT2D eigenvalue weighted by molar-refractivity contribution is -0.155. The molecule has 100 valence electrons. The molecule has 0 radical (unpaired) electrons. The number of carboxylic acids is 1. The SMILES string of the molecule is CC(O)(CNC(=O)c1cccc2[nH]ccc12)C(=O)O. The molecular formula is C13H14N2O4. The summed E-state index contributed by atoms with van der Waals surface area (Å²) in [5.74, 6) is -1.81. The minimum atomic E-state index is -1.98. The van der Waals surface area contributed by atoms with E-state index < -0.39 is 17.5 Å². The van der Waals surface area contributed by atoms with Crippen molar-refractivity contribution in [3.63, 3.8) is 0 Å². The number of carbonyl (C=O) groups is 2. The number of nitrogens with one attached hydrogen (secondary N) is 2. The van der Waals surface area contributed by atoms with Crippen molar-refractivity contribution in [1.29, 1.82) is 0 Å². The van der Waals surface area contributed by atoms with Gasteiger partial charge < -0.3 is 20.5 Å². The number of aliphatic hydroxyl groups is 1. The highest BCUT2D eigenvalue weighted by Gasteiger charge is 2.30. The summed E-state index contributed by atoms with van der Waals surface area (Å²) in [4.78, 5) is 25.7. The van der Waals surface area contributed by atoms with Crippen molar-refractivity contribution in [3.8, 4) is 0 Å². The molecule has 2 aromatic rings. The zero-order valence-corrected chi connectivity index (χ0v) is 10.3. The van der Waals surface area contributed by atoms with E-state index in [0.717, 1.165) is 17.8 Å². The maximum atomic E-state index is 12.0. The van der Waals surface area contributed by atoms with Crippen LogP contribution in [0.4, 0.5) is 0 Å². The Morgan fingerprint density at radius 3 is 2.79 bits per heavy atom. The van der Waals surface area contributed by atoms with E-state index in [4.69, 9.17) is 5.11 Å². The van der Waals surface area contributed by atoms with Gasteiger partial charge in [-0.2, -0.15) is 0 Å². The molecule has 6 nitrogen and oxygen atoms in total. The van der Waals surface area contributed by atoms with E-state index in [1.54, 1.807) is 24.4 Å². The van der Waals surface area contributed by atoms with Crippen LogP contribution in [-0.2, 0) is 4.79 Å². The Kier molecular flexibility index (Phi) is 3.26. The van der Waals surface area contributed by atoms with Crippen LogP contribution >= 0.6 is 0 Å². The Hall–Kier alpha value is -2.34. The fraction of sp³-hybridized carbons (Fsp3) is 0.231. The van der Waals surface area contributed by atoms with Gasteiger partial charge in [-0.3, -0.25) is 4.79 Å². The summed E-state index contributed by atoms with van der Waals surface area (Å²) in [5.41, 5.74) is -0.737. The van der Waals surface area contributed by atoms with Gasteiger partial charge in [0.1, 0.15) is 0 Å². The average Bonchev–Trinajstić information content (AvgIpc) is 2.83. The topological polar surface area (TPSA) is 102 Å². The lowest BCUT2D eigenvalue weighted by Crippen LogP contribution is -2.46. The third-order valence-electron chi connectivity index (χ3n) is 2.89. The largest absolute Gasteiger partial charge is 0.479 e. The summed E-state index contributed by atoms with van der Waals surface area (Å²) < 4.78 is 0. The molecule has 2 rings (SSSR count). The van der Waals surface area contributed by atoms with Crippen molar-refractivity contribution >= 4 is 22.8 Å². The Bertz CT molecular complexity index is 630. The maximum absolute atomic E-state index is 12.0. The molecule has 1 unspecified atom stereocenters. The quantitative estimate of drug-likeness (QED) is 0.652. The number of hydrogen-bond donors (Lipinski definition) is 4. The smallest absolute Gasteiger partial charge is 0.337 e. The van der Waals surface area contributed by atoms with Crippen LogP contribution in [0.5, 0.6) is 0 Å². The van der Waals surface area contributed by atoms with Crippen molar-refractivity contribution in [1.82, 2.24) is 10.3 Å². The van der Waals surface area contributed by atoms with Crippen molar-refractivity contribution < 1.29 is 19.8 Å². The molecule has 1 heterocycles. The number of fused-ring (bicyclic) bond motifs is 1. The Labute approximate surface area is 109 Å². The van der Waals surface area contributed by atoms with Crippen LogP contribution in [0.3, 0.4) is 0 Å². The first-order valence-electron chi connectivity index (χ1n) is 5.72. The molecule has 4 N–H and O–H groups in total. The van der Waals surface area contributed by atoms with Crippen molar-refractivity contribution in [2.75, 3.05) is 6.54 Å². The first-order valence-corrected chi connectivity index (χ1v) is 5.72. The van der Waals surface area contributed by atoms with E-state index in [1.807, 2.05) is 6.07 Å². The van der Waals surface area contributed by atoms with Crippen LogP contribution in [0.2, 0.25) is 0 Å². The molecule has 0 aliphatic heterocycles. The standard InChI is InChI=1S/C13H14N2O4/c1-13(19,12(17)18)7-15-11(16)9-3-2-4-10-8(9)5-6-14-10/h2-6,14,19H,7H2,1H3,(H,15,16)(H,17,18). The summed E-state index contributed by atoms with van der Waals surface area (Å²) in [5, 5.41) is 21.5. The number of aliphatic carboxylic acids is 1. The summed E-state index contributed by atoms with van der Waals surface area (Å²) in [6, 6.07) is 6.96. The number of aromatic amines is 1. The van der Waals surface area contributed by atoms with E-state index >= 15 is 0 Å². The van der Waals surface area contributed by atoms with Gasteiger partial charge in [-0.1, -0.05) is 6.07 Å². The molecule has 1 aromatic carbocycles. The van der Waals surface area contributed by atoms with Gasteiger partial charge in [0.15, 0.2) is 5.60 Å². The van der Waals surface area contributed by atoms with Gasteiger partial charge in [0.25, 0.3) is 5.91 Å². The molecule has 0 aliphatic carbocycles. The van der Waals surface area contributed by atoms with Crippen LogP contribution in [0.25, 0.3) is 10.9 Å². The Morgan fingerprint density at radius 1 is 1.37 bits per heavy atom. The number of carbonyl (C=O) groups excluding carboxylic acids is 1. The predicted octanol–water partition coefficient (Wildman–Crippen LogP) is 0.733. The number of benzene rings is 1. The molecule has 1 aromatic heterocycles. The van der Waals surface area contributed by atoms with Gasteiger partial charge in [0.05, 0.1) is 6.54 Å². The molecule has 1 amide bonds. The van der Waals surface area contributed by atoms with Crippen LogP contribution in [0.1, 0.15) is 17.3 Å². The second-order valence-electron chi connectivity index (χ2n) is 4.51. The fourth-order valence-electron chi connectivity index (χ4n) is 1.71. The highest BCUT2D eigenvalue weighted by Crippen LogP contribution is 2.17. The molecule has 0 fully saturated rings. The highest BCUT2D eigenvalue weighted by molar-refractivity contribution is 6.06. The molecular weight excluding hydrogens is 248 g/mol. The third-order valence-corrected chi connectivity index (χ3v) is 2.89. The van der Waals surface area contributed by atoms with Gasteiger partial charge in [0, 0.05) is 22.7 Å². The molecule has 6 heteroatoms. The van der Waals surface area contributed by atoms with E-state index in [2.05, 4.69) is 10.3 Å². The molecule has 0 spiro atoms. The lowest BCUT2D eigenvalue weighted by atomic mass is 10.1. The van der Waals surface area contributed by atoms with E-state index in [0.29, 0.717) is 5.56 Å². The minimum Gasteiger partial charge on any atom is -0.479 e. The third kappa shape index (κ3) is 2.58. The van der Waals surface area contributed by atoms with Gasteiger partial charge in [-0.15, -0.1) is 0 Å². The Morgan fingerprint density at radius 2 is 2.11 bits per heavy atom. The highest BCUT2D eigenvalue weighted by atomic mass is 16.4. The molecule has 0 saturated heterocycles. The number of carboxylic acid groups (broad SMARTS) is 1. The summed E-state index contributed by atoms with van der Waals surface area (Å²) >= 11 is 0. The second kappa shape index (κ2) is 4.74. The van der Waals surface area contributed by atoms with Crippen LogP contribution in [0, 0.1) is 0 Å². The predicted molar refractivity (Wildman–Crippen MR) is 68.9 cm³/mol. The zero-order valence-electron chi connectivity index (χ0n) is 10.3. The minimum absolute atomic E-state index is 0.359. The van der Waals surface area contributed by atoms with Crippen LogP contribution in [-0.4, -0.2) is 39.2 Å². The lowest BCUT2D eigenvalue weighted by Gasteiger charge is -2.18. The molecule has 0 aliphatic rings. The van der Waals surface area contributed by atoms with Crippen molar-refractivity contribution in [2.24, 2.45) is 0 Å². The average molecular weight is 262 g/mol. The van der Waals surface area contributed by atoms with E-state index in [-0.39, 0.29) is 6.54 Å². The molecule has 0 saturated carbocycles. The van der Waals surface area contributed by atoms with Gasteiger partial charge in [-0.25, -0.2) is 4.79 Å². The van der Waals surface area contributed by atoms with E-state index in [1.165, 1.54) is 0 Å². The normalized spacial score (nSPS) is 14.0. The Balaban J connectivity index is 2.17. The van der Waals surface area contributed by atoms with Gasteiger partial charge in [0.2, 0.25) is 0 Å². The maximum Gasteiger partial charge on any atom is 0.337 e. The summed E-state index contributed by atoms with van der Waals surface area (Å²) in [7, 11) is 0. The zero-order chi connectivity index (χ0) is 14.0. The van der Waals surface area contributed by atoms with E-state index in [9.17, 15) is 14.7 Å². The molecule has 19 heavy (non-hydrogen) atoms. The molecule has 0 bridgehead atoms. The first kappa shape index (κ1) is 13.1. The summed E-state index contributed by atoms with van der Waals surface area (Å²) in [6.07, 6.45) is 1.72. The van der Waals surface area contributed by atoms with Crippen LogP contribution in [0.15, 0.2) is 30.5 Å². The number of hydrogen-bond acceptors (Lipinski definition) is 3. The number of rotatable bonds is 4. The summed E-state index contributed by atoms with van der Waals surface area (Å²) in [6.45, 7) is 0.772. The van der Waals surface area contributed by atoms with Crippen molar-refractivity contribution in [2.45, 2.75) is 12.5 Å². The van der Waals surface area contributed by atoms with Crippen molar-refractivity contribution in [3.05, 3.63) is 36.0 Å². The van der Waals surface area contributed by atoms with Gasteiger partial charge >= 0.3 is 5.97 Å². The number of aromatic nitrogens is 1. The number of amides is 1.